The lowest BCUT2D eigenvalue weighted by atomic mass is 9.91. The first-order valence-corrected chi connectivity index (χ1v) is 13.3. The number of carbonyl (C=O) groups is 1. The van der Waals surface area contributed by atoms with Gasteiger partial charge in [0.15, 0.2) is 5.69 Å². The summed E-state index contributed by atoms with van der Waals surface area (Å²) in [5, 5.41) is 1.17. The van der Waals surface area contributed by atoms with Crippen LogP contribution in [-0.2, 0) is 11.3 Å². The van der Waals surface area contributed by atoms with Gasteiger partial charge < -0.3 is 9.30 Å². The number of ether oxygens (including phenoxy) is 1. The highest BCUT2D eigenvalue weighted by molar-refractivity contribution is 5.98. The molecular formula is C31H30FN5O2. The molecule has 4 heterocycles. The molecule has 2 aliphatic rings. The van der Waals surface area contributed by atoms with Gasteiger partial charge in [0.25, 0.3) is 0 Å². The topological polar surface area (TPSA) is 55.0 Å². The minimum Gasteiger partial charge on any atom is -0.441 e. The quantitative estimate of drug-likeness (QED) is 0.210. The molecule has 1 spiro atoms. The average Bonchev–Trinajstić information content (AvgIpc) is 3.48. The highest BCUT2D eigenvalue weighted by Crippen LogP contribution is 2.38. The first-order valence-electron chi connectivity index (χ1n) is 13.3. The molecule has 0 aliphatic carbocycles. The van der Waals surface area contributed by atoms with Crippen molar-refractivity contribution in [2.24, 2.45) is 0 Å². The van der Waals surface area contributed by atoms with Gasteiger partial charge in [0, 0.05) is 73.1 Å². The second-order valence-electron chi connectivity index (χ2n) is 10.8. The van der Waals surface area contributed by atoms with E-state index in [2.05, 4.69) is 51.5 Å². The van der Waals surface area contributed by atoms with Crippen LogP contribution in [0.2, 0.25) is 0 Å². The Morgan fingerprint density at radius 3 is 2.54 bits per heavy atom. The molecule has 6 rings (SSSR count). The molecule has 2 aliphatic heterocycles. The fourth-order valence-electron chi connectivity index (χ4n) is 5.87. The Morgan fingerprint density at radius 1 is 1.10 bits per heavy atom. The number of amides is 1. The fourth-order valence-corrected chi connectivity index (χ4v) is 5.87. The number of rotatable bonds is 5. The predicted octanol–water partition coefficient (Wildman–Crippen LogP) is 6.97. The molecular weight excluding hydrogens is 493 g/mol. The van der Waals surface area contributed by atoms with Gasteiger partial charge in [-0.1, -0.05) is 24.3 Å². The molecule has 1 amide bonds. The molecule has 39 heavy (non-hydrogen) atoms. The summed E-state index contributed by atoms with van der Waals surface area (Å²) in [6.45, 7) is 14.4. The van der Waals surface area contributed by atoms with Gasteiger partial charge in [-0.3, -0.25) is 9.80 Å². The van der Waals surface area contributed by atoms with Gasteiger partial charge in [-0.2, -0.15) is 4.39 Å². The van der Waals surface area contributed by atoms with Gasteiger partial charge >= 0.3 is 6.09 Å². The number of pyridine rings is 1. The molecule has 8 heteroatoms. The largest absolute Gasteiger partial charge is 0.441 e. The lowest BCUT2D eigenvalue weighted by molar-refractivity contribution is -0.000890. The van der Waals surface area contributed by atoms with Crippen molar-refractivity contribution in [3.05, 3.63) is 89.9 Å². The van der Waals surface area contributed by atoms with Gasteiger partial charge in [0.2, 0.25) is 5.95 Å². The molecule has 7 nitrogen and oxygen atoms in total. The Balaban J connectivity index is 1.22. The number of hydrogen-bond acceptors (Lipinski definition) is 4. The lowest BCUT2D eigenvalue weighted by Gasteiger charge is -2.37. The zero-order valence-electron chi connectivity index (χ0n) is 22.1. The van der Waals surface area contributed by atoms with Crippen LogP contribution < -0.4 is 4.90 Å². The zero-order valence-corrected chi connectivity index (χ0v) is 22.1. The highest BCUT2D eigenvalue weighted by Gasteiger charge is 2.47. The summed E-state index contributed by atoms with van der Waals surface area (Å²) in [5.74, 6) is -0.486. The molecule has 0 unspecified atom stereocenters. The molecule has 0 atom stereocenters. The maximum atomic E-state index is 13.5. The van der Waals surface area contributed by atoms with E-state index < -0.39 is 11.5 Å². The van der Waals surface area contributed by atoms with Crippen LogP contribution in [0.1, 0.15) is 38.3 Å². The summed E-state index contributed by atoms with van der Waals surface area (Å²) in [4.78, 5) is 24.2. The zero-order chi connectivity index (χ0) is 27.1. The molecule has 2 saturated heterocycles. The molecule has 4 aromatic rings. The third-order valence-electron chi connectivity index (χ3n) is 7.95. The van der Waals surface area contributed by atoms with Gasteiger partial charge in [-0.05, 0) is 55.3 Å². The fraction of sp³-hybridized carbons (Fsp3) is 0.323. The summed E-state index contributed by atoms with van der Waals surface area (Å²) < 4.78 is 21.8. The lowest BCUT2D eigenvalue weighted by Crippen LogP contribution is -2.46. The smallest absolute Gasteiger partial charge is 0.415 e. The number of nitrogens with zero attached hydrogens (tertiary/aromatic N) is 5. The highest BCUT2D eigenvalue weighted by atomic mass is 19.1. The van der Waals surface area contributed by atoms with E-state index in [1.54, 1.807) is 29.3 Å². The Morgan fingerprint density at radius 2 is 1.87 bits per heavy atom. The number of piperidine rings is 1. The van der Waals surface area contributed by atoms with Crippen LogP contribution in [0.25, 0.3) is 26.9 Å². The van der Waals surface area contributed by atoms with Crippen molar-refractivity contribution in [1.82, 2.24) is 14.5 Å². The van der Waals surface area contributed by atoms with Gasteiger partial charge in [-0.25, -0.2) is 14.6 Å². The summed E-state index contributed by atoms with van der Waals surface area (Å²) in [7, 11) is 0. The number of fused-ring (bicyclic) bond motifs is 1. The van der Waals surface area contributed by atoms with Gasteiger partial charge in [0.1, 0.15) is 5.60 Å². The summed E-state index contributed by atoms with van der Waals surface area (Å²) in [5.41, 5.74) is 5.13. The van der Waals surface area contributed by atoms with E-state index >= 15 is 0 Å². The van der Waals surface area contributed by atoms with E-state index in [1.807, 2.05) is 18.2 Å². The van der Waals surface area contributed by atoms with Crippen LogP contribution in [0.15, 0.2) is 67.0 Å². The van der Waals surface area contributed by atoms with Crippen LogP contribution in [-0.4, -0.2) is 45.8 Å². The summed E-state index contributed by atoms with van der Waals surface area (Å²) in [6, 6.07) is 16.8. The maximum absolute atomic E-state index is 13.5. The Kier molecular flexibility index (Phi) is 6.32. The minimum atomic E-state index is -0.497. The number of hydrogen-bond donors (Lipinski definition) is 0. The van der Waals surface area contributed by atoms with E-state index in [4.69, 9.17) is 11.3 Å². The molecule has 0 radical (unpaired) electrons. The average molecular weight is 524 g/mol. The van der Waals surface area contributed by atoms with Crippen LogP contribution in [0.4, 0.5) is 20.6 Å². The van der Waals surface area contributed by atoms with Crippen molar-refractivity contribution in [3.63, 3.8) is 0 Å². The Bertz CT molecular complexity index is 1560. The number of benzene rings is 2. The van der Waals surface area contributed by atoms with Crippen LogP contribution in [0.3, 0.4) is 0 Å². The van der Waals surface area contributed by atoms with Gasteiger partial charge in [0.05, 0.1) is 13.1 Å². The molecule has 198 valence electrons. The Labute approximate surface area is 227 Å². The normalized spacial score (nSPS) is 17.2. The molecule has 2 aromatic carbocycles. The van der Waals surface area contributed by atoms with Crippen LogP contribution in [0.5, 0.6) is 0 Å². The van der Waals surface area contributed by atoms with Crippen molar-refractivity contribution in [1.29, 1.82) is 0 Å². The van der Waals surface area contributed by atoms with Crippen LogP contribution in [0, 0.1) is 12.5 Å². The molecule has 0 bridgehead atoms. The van der Waals surface area contributed by atoms with E-state index in [1.165, 1.54) is 17.0 Å². The maximum Gasteiger partial charge on any atom is 0.415 e. The standard InChI is InChI=1S/C31H30FN5O2/c1-21(2)36-19-23(29-26(5-4-6-27(29)36)22-7-12-28(32)34-17-22)18-35-15-13-31(14-16-35)20-37(30(38)39-31)25-10-8-24(33-3)9-11-25/h4-12,17,19,21H,13-16,18,20H2,1-2H3. The van der Waals surface area contributed by atoms with E-state index in [0.717, 1.165) is 54.8 Å². The van der Waals surface area contributed by atoms with E-state index in [-0.39, 0.29) is 6.09 Å². The first kappa shape index (κ1) is 25.1. The van der Waals surface area contributed by atoms with Crippen LogP contribution >= 0.6 is 0 Å². The number of likely N-dealkylation sites (tertiary alicyclic amines) is 1. The molecule has 2 fully saturated rings. The molecule has 0 N–H and O–H groups in total. The van der Waals surface area contributed by atoms with E-state index in [0.29, 0.717) is 18.3 Å². The number of aromatic nitrogens is 2. The van der Waals surface area contributed by atoms with Gasteiger partial charge in [-0.15, -0.1) is 0 Å². The predicted molar refractivity (Wildman–Crippen MR) is 149 cm³/mol. The minimum absolute atomic E-state index is 0.292. The van der Waals surface area contributed by atoms with Crippen molar-refractivity contribution in [2.45, 2.75) is 44.9 Å². The summed E-state index contributed by atoms with van der Waals surface area (Å²) >= 11 is 0. The van der Waals surface area contributed by atoms with Crippen molar-refractivity contribution >= 4 is 28.4 Å². The molecule has 2 aromatic heterocycles. The number of carbonyl (C=O) groups excluding carboxylic acids is 1. The van der Waals surface area contributed by atoms with E-state index in [9.17, 15) is 9.18 Å². The first-order chi connectivity index (χ1) is 18.9. The molecule has 0 saturated carbocycles. The number of anilines is 1. The Hall–Kier alpha value is -4.22. The van der Waals surface area contributed by atoms with Crippen molar-refractivity contribution < 1.29 is 13.9 Å². The second kappa shape index (κ2) is 9.83. The van der Waals surface area contributed by atoms with Crippen molar-refractivity contribution in [3.8, 4) is 11.1 Å². The summed E-state index contributed by atoms with van der Waals surface area (Å²) in [6.07, 6.45) is 5.03. The third kappa shape index (κ3) is 4.64. The van der Waals surface area contributed by atoms with Crippen molar-refractivity contribution in [2.75, 3.05) is 24.5 Å². The number of halogens is 1. The second-order valence-corrected chi connectivity index (χ2v) is 10.8. The SMILES string of the molecule is [C-]#[N+]c1ccc(N2CC3(CCN(Cc4cn(C(C)C)c5cccc(-c6ccc(F)nc6)c45)CC3)OC2=O)cc1. The third-order valence-corrected chi connectivity index (χ3v) is 7.95. The monoisotopic (exact) mass is 523 g/mol.